The first-order valence-corrected chi connectivity index (χ1v) is 6.61. The zero-order valence-electron chi connectivity index (χ0n) is 10.9. The lowest BCUT2D eigenvalue weighted by Crippen LogP contribution is -2.45. The van der Waals surface area contributed by atoms with Crippen LogP contribution in [-0.2, 0) is 9.53 Å². The van der Waals surface area contributed by atoms with Gasteiger partial charge in [0.05, 0.1) is 25.7 Å². The summed E-state index contributed by atoms with van der Waals surface area (Å²) >= 11 is 0. The first kappa shape index (κ1) is 13.8. The van der Waals surface area contributed by atoms with E-state index < -0.39 is 0 Å². The van der Waals surface area contributed by atoms with Crippen LogP contribution in [0.4, 0.5) is 0 Å². The van der Waals surface area contributed by atoms with Gasteiger partial charge >= 0.3 is 0 Å². The van der Waals surface area contributed by atoms with Crippen molar-refractivity contribution in [1.82, 2.24) is 10.6 Å². The van der Waals surface area contributed by atoms with E-state index in [0.29, 0.717) is 26.2 Å². The van der Waals surface area contributed by atoms with Crippen molar-refractivity contribution in [3.05, 3.63) is 30.3 Å². The zero-order valence-corrected chi connectivity index (χ0v) is 10.9. The Morgan fingerprint density at radius 3 is 3.00 bits per heavy atom. The van der Waals surface area contributed by atoms with E-state index in [1.54, 1.807) is 0 Å². The molecule has 1 amide bonds. The molecule has 19 heavy (non-hydrogen) atoms. The minimum atomic E-state index is -0.00916. The number of rotatable bonds is 6. The van der Waals surface area contributed by atoms with Crippen LogP contribution in [0.5, 0.6) is 5.75 Å². The quantitative estimate of drug-likeness (QED) is 0.788. The highest BCUT2D eigenvalue weighted by atomic mass is 16.5. The normalized spacial score (nSPS) is 18.8. The largest absolute Gasteiger partial charge is 0.493 e. The van der Waals surface area contributed by atoms with Crippen LogP contribution in [-0.4, -0.2) is 44.9 Å². The van der Waals surface area contributed by atoms with Gasteiger partial charge in [-0.25, -0.2) is 0 Å². The van der Waals surface area contributed by atoms with Crippen LogP contribution in [0.15, 0.2) is 30.3 Å². The molecule has 1 unspecified atom stereocenters. The lowest BCUT2D eigenvalue weighted by Gasteiger charge is -2.23. The van der Waals surface area contributed by atoms with Crippen molar-refractivity contribution >= 4 is 5.91 Å². The highest BCUT2D eigenvalue weighted by Crippen LogP contribution is 2.08. The molecule has 5 nitrogen and oxygen atoms in total. The first-order chi connectivity index (χ1) is 9.34. The van der Waals surface area contributed by atoms with Crippen LogP contribution in [0.3, 0.4) is 0 Å². The summed E-state index contributed by atoms with van der Waals surface area (Å²) in [6.07, 6.45) is 0.433. The second kappa shape index (κ2) is 7.76. The van der Waals surface area contributed by atoms with E-state index in [-0.39, 0.29) is 12.0 Å². The predicted octanol–water partition coefficient (Wildman–Crippen LogP) is 0.560. The number of hydrogen-bond acceptors (Lipinski definition) is 4. The lowest BCUT2D eigenvalue weighted by atomic mass is 10.3. The van der Waals surface area contributed by atoms with Gasteiger partial charge in [0.2, 0.25) is 5.91 Å². The number of carbonyl (C=O) groups is 1. The maximum atomic E-state index is 11.6. The average Bonchev–Trinajstić information content (AvgIpc) is 2.47. The molecule has 1 atom stereocenters. The molecule has 1 aliphatic heterocycles. The van der Waals surface area contributed by atoms with Crippen molar-refractivity contribution in [1.29, 1.82) is 0 Å². The number of carbonyl (C=O) groups excluding carboxylic acids is 1. The fraction of sp³-hybridized carbons (Fsp3) is 0.500. The minimum Gasteiger partial charge on any atom is -0.493 e. The molecular weight excluding hydrogens is 244 g/mol. The molecule has 0 spiro atoms. The van der Waals surface area contributed by atoms with Crippen molar-refractivity contribution in [3.63, 3.8) is 0 Å². The molecule has 2 N–H and O–H groups in total. The standard InChI is InChI=1S/C14H20N2O3/c17-14(16-11-13-10-15-7-9-19-13)6-8-18-12-4-2-1-3-5-12/h1-5,13,15H,6-11H2,(H,16,17). The third kappa shape index (κ3) is 5.28. The van der Waals surface area contributed by atoms with E-state index in [9.17, 15) is 4.79 Å². The molecular formula is C14H20N2O3. The maximum absolute atomic E-state index is 11.6. The molecule has 1 fully saturated rings. The number of para-hydroxylation sites is 1. The Hall–Kier alpha value is -1.59. The average molecular weight is 264 g/mol. The van der Waals surface area contributed by atoms with Gasteiger partial charge in [0, 0.05) is 19.6 Å². The van der Waals surface area contributed by atoms with Gasteiger partial charge < -0.3 is 20.1 Å². The summed E-state index contributed by atoms with van der Waals surface area (Å²) < 4.78 is 11.0. The molecule has 0 saturated carbocycles. The van der Waals surface area contributed by atoms with Crippen molar-refractivity contribution in [2.24, 2.45) is 0 Å². The van der Waals surface area contributed by atoms with Gasteiger partial charge in [-0.05, 0) is 12.1 Å². The molecule has 104 valence electrons. The second-order valence-electron chi connectivity index (χ2n) is 4.41. The van der Waals surface area contributed by atoms with Gasteiger partial charge in [0.25, 0.3) is 0 Å². The van der Waals surface area contributed by atoms with Crippen LogP contribution in [0, 0.1) is 0 Å². The molecule has 2 rings (SSSR count). The Kier molecular flexibility index (Phi) is 5.65. The van der Waals surface area contributed by atoms with E-state index in [1.807, 2.05) is 30.3 Å². The summed E-state index contributed by atoms with van der Waals surface area (Å²) in [7, 11) is 0. The predicted molar refractivity (Wildman–Crippen MR) is 72.2 cm³/mol. The van der Waals surface area contributed by atoms with Gasteiger partial charge in [0.1, 0.15) is 5.75 Å². The third-order valence-electron chi connectivity index (χ3n) is 2.87. The molecule has 1 aromatic rings. The van der Waals surface area contributed by atoms with Crippen LogP contribution in [0.25, 0.3) is 0 Å². The fourth-order valence-corrected chi connectivity index (χ4v) is 1.85. The minimum absolute atomic E-state index is 0.00916. The number of ether oxygens (including phenoxy) is 2. The van der Waals surface area contributed by atoms with Crippen molar-refractivity contribution < 1.29 is 14.3 Å². The molecule has 5 heteroatoms. The smallest absolute Gasteiger partial charge is 0.223 e. The van der Waals surface area contributed by atoms with Gasteiger partial charge in [-0.2, -0.15) is 0 Å². The van der Waals surface area contributed by atoms with Gasteiger partial charge in [0.15, 0.2) is 0 Å². The van der Waals surface area contributed by atoms with Gasteiger partial charge in [-0.15, -0.1) is 0 Å². The van der Waals surface area contributed by atoms with Crippen molar-refractivity contribution in [2.75, 3.05) is 32.8 Å². The molecule has 1 heterocycles. The zero-order chi connectivity index (χ0) is 13.3. The summed E-state index contributed by atoms with van der Waals surface area (Å²) in [5, 5.41) is 6.08. The fourth-order valence-electron chi connectivity index (χ4n) is 1.85. The second-order valence-corrected chi connectivity index (χ2v) is 4.41. The van der Waals surface area contributed by atoms with E-state index in [1.165, 1.54) is 0 Å². The Morgan fingerprint density at radius 2 is 2.26 bits per heavy atom. The molecule has 1 aliphatic rings. The highest BCUT2D eigenvalue weighted by Gasteiger charge is 2.13. The number of amides is 1. The third-order valence-corrected chi connectivity index (χ3v) is 2.87. The number of hydrogen-bond donors (Lipinski definition) is 2. The summed E-state index contributed by atoms with van der Waals surface area (Å²) in [4.78, 5) is 11.6. The molecule has 0 aliphatic carbocycles. The van der Waals surface area contributed by atoms with E-state index >= 15 is 0 Å². The molecule has 0 bridgehead atoms. The van der Waals surface area contributed by atoms with Crippen molar-refractivity contribution in [2.45, 2.75) is 12.5 Å². The Bertz CT molecular complexity index is 378. The van der Waals surface area contributed by atoms with Crippen LogP contribution in [0.2, 0.25) is 0 Å². The van der Waals surface area contributed by atoms with Crippen LogP contribution in [0.1, 0.15) is 6.42 Å². The Morgan fingerprint density at radius 1 is 1.42 bits per heavy atom. The van der Waals surface area contributed by atoms with Gasteiger partial charge in [-0.1, -0.05) is 18.2 Å². The molecule has 0 radical (unpaired) electrons. The van der Waals surface area contributed by atoms with E-state index in [2.05, 4.69) is 10.6 Å². The topological polar surface area (TPSA) is 59.6 Å². The van der Waals surface area contributed by atoms with Crippen LogP contribution >= 0.6 is 0 Å². The molecule has 1 aromatic carbocycles. The Balaban J connectivity index is 1.57. The summed E-state index contributed by atoms with van der Waals surface area (Å²) in [5.74, 6) is 0.778. The summed E-state index contributed by atoms with van der Waals surface area (Å²) in [5.41, 5.74) is 0. The first-order valence-electron chi connectivity index (χ1n) is 6.61. The van der Waals surface area contributed by atoms with Crippen molar-refractivity contribution in [3.8, 4) is 5.75 Å². The SMILES string of the molecule is O=C(CCOc1ccccc1)NCC1CNCCO1. The van der Waals surface area contributed by atoms with Crippen LogP contribution < -0.4 is 15.4 Å². The number of nitrogens with one attached hydrogen (secondary N) is 2. The number of benzene rings is 1. The monoisotopic (exact) mass is 264 g/mol. The summed E-state index contributed by atoms with van der Waals surface area (Å²) in [6, 6.07) is 9.49. The van der Waals surface area contributed by atoms with Gasteiger partial charge in [-0.3, -0.25) is 4.79 Å². The van der Waals surface area contributed by atoms with E-state index in [0.717, 1.165) is 18.8 Å². The lowest BCUT2D eigenvalue weighted by molar-refractivity contribution is -0.122. The number of morpholine rings is 1. The highest BCUT2D eigenvalue weighted by molar-refractivity contribution is 5.76. The maximum Gasteiger partial charge on any atom is 0.223 e. The molecule has 1 saturated heterocycles. The Labute approximate surface area is 113 Å². The molecule has 0 aromatic heterocycles. The van der Waals surface area contributed by atoms with E-state index in [4.69, 9.17) is 9.47 Å². The summed E-state index contributed by atoms with van der Waals surface area (Å²) in [6.45, 7) is 3.32.